The lowest BCUT2D eigenvalue weighted by Gasteiger charge is -2.21. The van der Waals surface area contributed by atoms with E-state index in [1.54, 1.807) is 0 Å². The van der Waals surface area contributed by atoms with Crippen LogP contribution in [0, 0.1) is 5.82 Å². The summed E-state index contributed by atoms with van der Waals surface area (Å²) in [6.07, 6.45) is 5.68. The molecule has 4 nitrogen and oxygen atoms in total. The summed E-state index contributed by atoms with van der Waals surface area (Å²) in [4.78, 5) is 23.3. The van der Waals surface area contributed by atoms with Crippen LogP contribution in [0.5, 0.6) is 0 Å². The van der Waals surface area contributed by atoms with Crippen LogP contribution in [-0.2, 0) is 6.54 Å². The number of hydrogen-bond acceptors (Lipinski definition) is 2. The number of amides is 1. The van der Waals surface area contributed by atoms with E-state index < -0.39 is 11.7 Å². The van der Waals surface area contributed by atoms with Gasteiger partial charge in [-0.3, -0.25) is 4.79 Å². The molecule has 26 heavy (non-hydrogen) atoms. The van der Waals surface area contributed by atoms with Gasteiger partial charge in [0.25, 0.3) is 5.91 Å². The zero-order valence-electron chi connectivity index (χ0n) is 13.6. The van der Waals surface area contributed by atoms with Crippen molar-refractivity contribution in [3.05, 3.63) is 93.9 Å². The highest BCUT2D eigenvalue weighted by molar-refractivity contribution is 9.11. The molecule has 2 aromatic carbocycles. The zero-order valence-corrected chi connectivity index (χ0v) is 15.1. The van der Waals surface area contributed by atoms with Crippen LogP contribution < -0.4 is 0 Å². The Bertz CT molecular complexity index is 1020. The highest BCUT2D eigenvalue weighted by Gasteiger charge is 2.21. The molecule has 2 aliphatic heterocycles. The van der Waals surface area contributed by atoms with Crippen molar-refractivity contribution in [2.45, 2.75) is 6.54 Å². The minimum absolute atomic E-state index is 0.193. The van der Waals surface area contributed by atoms with Crippen molar-refractivity contribution in [3.8, 4) is 0 Å². The number of fused-ring (bicyclic) bond motifs is 2. The van der Waals surface area contributed by atoms with Crippen LogP contribution in [0.3, 0.4) is 0 Å². The molecule has 0 spiro atoms. The molecule has 0 saturated heterocycles. The van der Waals surface area contributed by atoms with Crippen LogP contribution in [-0.4, -0.2) is 22.5 Å². The van der Waals surface area contributed by atoms with Gasteiger partial charge in [-0.2, -0.15) is 4.99 Å². The van der Waals surface area contributed by atoms with E-state index in [0.29, 0.717) is 18.2 Å². The highest BCUT2D eigenvalue weighted by atomic mass is 79.9. The quantitative estimate of drug-likeness (QED) is 0.698. The molecule has 4 rings (SSSR count). The van der Waals surface area contributed by atoms with E-state index in [4.69, 9.17) is 0 Å². The standard InChI is InChI=1S/C20H13BrFN3O/c21-15-8-9-18-23-19(24-20(26)13-5-3-6-16(22)10-13)17-7-2-1-4-14(17)11-25(18)12-15/h1-10,12H,11H2. The molecule has 0 saturated carbocycles. The molecular formula is C20H13BrFN3O. The number of hydrogen-bond donors (Lipinski definition) is 0. The Morgan fingerprint density at radius 2 is 2.00 bits per heavy atom. The predicted molar refractivity (Wildman–Crippen MR) is 103 cm³/mol. The molecule has 2 heterocycles. The van der Waals surface area contributed by atoms with Crippen LogP contribution >= 0.6 is 15.9 Å². The molecule has 0 aromatic heterocycles. The van der Waals surface area contributed by atoms with E-state index in [9.17, 15) is 9.18 Å². The van der Waals surface area contributed by atoms with E-state index in [0.717, 1.165) is 15.6 Å². The van der Waals surface area contributed by atoms with E-state index in [1.165, 1.54) is 24.3 Å². The van der Waals surface area contributed by atoms with Gasteiger partial charge in [0.05, 0.1) is 0 Å². The molecule has 0 N–H and O–H groups in total. The Hall–Kier alpha value is -2.86. The minimum Gasteiger partial charge on any atom is -0.327 e. The van der Waals surface area contributed by atoms with Gasteiger partial charge in [-0.1, -0.05) is 30.3 Å². The van der Waals surface area contributed by atoms with E-state index in [2.05, 4.69) is 25.9 Å². The van der Waals surface area contributed by atoms with E-state index in [-0.39, 0.29) is 5.56 Å². The van der Waals surface area contributed by atoms with Crippen molar-refractivity contribution in [1.29, 1.82) is 0 Å². The molecule has 6 heteroatoms. The Kier molecular flexibility index (Phi) is 4.34. The Balaban J connectivity index is 1.82. The fourth-order valence-corrected chi connectivity index (χ4v) is 3.21. The van der Waals surface area contributed by atoms with Crippen LogP contribution in [0.2, 0.25) is 0 Å². The molecule has 0 aliphatic carbocycles. The SMILES string of the molecule is O=C(N=C1N=C2C=CC(Br)=CN2Cc2ccccc21)c1cccc(F)c1. The van der Waals surface area contributed by atoms with Crippen molar-refractivity contribution < 1.29 is 9.18 Å². The van der Waals surface area contributed by atoms with Gasteiger partial charge in [-0.05, 0) is 51.8 Å². The number of nitrogens with zero attached hydrogens (tertiary/aromatic N) is 3. The van der Waals surface area contributed by atoms with Crippen molar-refractivity contribution in [3.63, 3.8) is 0 Å². The van der Waals surface area contributed by atoms with Crippen molar-refractivity contribution in [1.82, 2.24) is 4.90 Å². The lowest BCUT2D eigenvalue weighted by molar-refractivity contribution is 0.100. The lowest BCUT2D eigenvalue weighted by atomic mass is 10.1. The van der Waals surface area contributed by atoms with Gasteiger partial charge in [0.15, 0.2) is 5.84 Å². The first-order valence-electron chi connectivity index (χ1n) is 7.98. The summed E-state index contributed by atoms with van der Waals surface area (Å²) < 4.78 is 14.3. The third kappa shape index (κ3) is 3.28. The van der Waals surface area contributed by atoms with Crippen molar-refractivity contribution in [2.24, 2.45) is 9.98 Å². The average molecular weight is 410 g/mol. The smallest absolute Gasteiger partial charge is 0.279 e. The summed E-state index contributed by atoms with van der Waals surface area (Å²) in [7, 11) is 0. The lowest BCUT2D eigenvalue weighted by Crippen LogP contribution is -2.24. The maximum Gasteiger partial charge on any atom is 0.279 e. The van der Waals surface area contributed by atoms with E-state index in [1.807, 2.05) is 47.5 Å². The molecule has 128 valence electrons. The number of rotatable bonds is 1. The summed E-state index contributed by atoms with van der Waals surface area (Å²) >= 11 is 3.47. The largest absolute Gasteiger partial charge is 0.327 e. The first-order valence-corrected chi connectivity index (χ1v) is 8.77. The normalized spacial score (nSPS) is 17.2. The molecule has 0 atom stereocenters. The fraction of sp³-hybridized carbons (Fsp3) is 0.0500. The zero-order chi connectivity index (χ0) is 18.1. The Labute approximate surface area is 158 Å². The summed E-state index contributed by atoms with van der Waals surface area (Å²) in [5.41, 5.74) is 1.99. The summed E-state index contributed by atoms with van der Waals surface area (Å²) in [5, 5.41) is 0. The maximum atomic E-state index is 13.4. The molecule has 0 bridgehead atoms. The second-order valence-corrected chi connectivity index (χ2v) is 6.77. The van der Waals surface area contributed by atoms with Crippen LogP contribution in [0.4, 0.5) is 4.39 Å². The topological polar surface area (TPSA) is 45.0 Å². The predicted octanol–water partition coefficient (Wildman–Crippen LogP) is 4.43. The third-order valence-corrected chi connectivity index (χ3v) is 4.53. The molecular weight excluding hydrogens is 397 g/mol. The first kappa shape index (κ1) is 16.6. The van der Waals surface area contributed by atoms with Crippen LogP contribution in [0.15, 0.2) is 81.4 Å². The summed E-state index contributed by atoms with van der Waals surface area (Å²) in [5.74, 6) is 0.0160. The summed E-state index contributed by atoms with van der Waals surface area (Å²) in [6.45, 7) is 0.613. The number of amidine groups is 2. The van der Waals surface area contributed by atoms with Gasteiger partial charge >= 0.3 is 0 Å². The summed E-state index contributed by atoms with van der Waals surface area (Å²) in [6, 6.07) is 13.2. The number of halogens is 2. The van der Waals surface area contributed by atoms with Gasteiger partial charge in [-0.25, -0.2) is 9.38 Å². The number of benzene rings is 2. The molecule has 1 amide bonds. The van der Waals surface area contributed by atoms with Gasteiger partial charge in [-0.15, -0.1) is 0 Å². The Morgan fingerprint density at radius 1 is 1.15 bits per heavy atom. The minimum atomic E-state index is -0.524. The van der Waals surface area contributed by atoms with Gasteiger partial charge in [0.2, 0.25) is 0 Å². The second-order valence-electron chi connectivity index (χ2n) is 5.85. The number of allylic oxidation sites excluding steroid dienone is 2. The molecule has 2 aliphatic rings. The molecule has 0 unspecified atom stereocenters. The highest BCUT2D eigenvalue weighted by Crippen LogP contribution is 2.24. The van der Waals surface area contributed by atoms with Gasteiger partial charge in [0.1, 0.15) is 11.7 Å². The van der Waals surface area contributed by atoms with Gasteiger partial charge < -0.3 is 4.90 Å². The Morgan fingerprint density at radius 3 is 2.85 bits per heavy atom. The third-order valence-electron chi connectivity index (χ3n) is 4.06. The first-order chi connectivity index (χ1) is 12.6. The average Bonchev–Trinajstić information content (AvgIpc) is 2.78. The monoisotopic (exact) mass is 409 g/mol. The molecule has 0 radical (unpaired) electrons. The maximum absolute atomic E-state index is 13.4. The van der Waals surface area contributed by atoms with Gasteiger partial charge in [0, 0.05) is 28.4 Å². The molecule has 0 fully saturated rings. The van der Waals surface area contributed by atoms with Crippen LogP contribution in [0.25, 0.3) is 0 Å². The van der Waals surface area contributed by atoms with E-state index >= 15 is 0 Å². The van der Waals surface area contributed by atoms with Crippen molar-refractivity contribution >= 4 is 33.5 Å². The number of carbonyl (C=O) groups is 1. The number of aliphatic imine (C=N–C) groups is 2. The second kappa shape index (κ2) is 6.80. The van der Waals surface area contributed by atoms with Crippen molar-refractivity contribution in [2.75, 3.05) is 0 Å². The fourth-order valence-electron chi connectivity index (χ4n) is 2.83. The van der Waals surface area contributed by atoms with Crippen LogP contribution in [0.1, 0.15) is 21.5 Å². The number of carbonyl (C=O) groups excluding carboxylic acids is 1. The molecule has 2 aromatic rings.